The lowest BCUT2D eigenvalue weighted by Gasteiger charge is -2.00. The Balaban J connectivity index is 2.24. The summed E-state index contributed by atoms with van der Waals surface area (Å²) in [5.41, 5.74) is 0. The highest BCUT2D eigenvalue weighted by Gasteiger charge is 2.47. The molecule has 1 rings (SSSR count). The highest BCUT2D eigenvalue weighted by atomic mass is 16.5. The third-order valence-corrected chi connectivity index (χ3v) is 2.06. The first-order valence-electron chi connectivity index (χ1n) is 4.34. The summed E-state index contributed by atoms with van der Waals surface area (Å²) in [5.74, 6) is -0.270. The van der Waals surface area contributed by atoms with E-state index in [1.807, 2.05) is 6.92 Å². The fourth-order valence-electron chi connectivity index (χ4n) is 1.21. The van der Waals surface area contributed by atoms with E-state index < -0.39 is 0 Å². The van der Waals surface area contributed by atoms with Crippen LogP contribution in [0.25, 0.3) is 0 Å². The molecule has 0 unspecified atom stereocenters. The molecule has 1 saturated carbocycles. The van der Waals surface area contributed by atoms with Crippen LogP contribution in [0.4, 0.5) is 0 Å². The lowest BCUT2D eigenvalue weighted by molar-refractivity contribution is -0.146. The predicted octanol–water partition coefficient (Wildman–Crippen LogP) is 1.16. The second-order valence-corrected chi connectivity index (χ2v) is 3.23. The minimum absolute atomic E-state index is 0.0469. The first kappa shape index (κ1) is 9.23. The Morgan fingerprint density at radius 2 is 2.08 bits per heavy atom. The summed E-state index contributed by atoms with van der Waals surface area (Å²) < 4.78 is 4.90. The van der Waals surface area contributed by atoms with Crippen LogP contribution in [0, 0.1) is 11.8 Å². The van der Waals surface area contributed by atoms with Gasteiger partial charge < -0.3 is 4.74 Å². The molecule has 0 heterocycles. The molecular weight excluding hydrogens is 156 g/mol. The van der Waals surface area contributed by atoms with Crippen LogP contribution in [0.2, 0.25) is 0 Å². The summed E-state index contributed by atoms with van der Waals surface area (Å²) in [4.78, 5) is 21.9. The van der Waals surface area contributed by atoms with Crippen molar-refractivity contribution < 1.29 is 14.3 Å². The number of hydrogen-bond acceptors (Lipinski definition) is 3. The number of rotatable bonds is 4. The summed E-state index contributed by atoms with van der Waals surface area (Å²) in [5, 5.41) is 0. The highest BCUT2D eigenvalue weighted by Crippen LogP contribution is 2.39. The normalized spacial score (nSPS) is 26.5. The molecule has 0 aliphatic heterocycles. The summed E-state index contributed by atoms with van der Waals surface area (Å²) in [6.45, 7) is 3.94. The van der Waals surface area contributed by atoms with Crippen molar-refractivity contribution in [3.63, 3.8) is 0 Å². The first-order valence-corrected chi connectivity index (χ1v) is 4.34. The van der Waals surface area contributed by atoms with Crippen molar-refractivity contribution in [2.24, 2.45) is 11.8 Å². The molecule has 3 nitrogen and oxygen atoms in total. The van der Waals surface area contributed by atoms with Gasteiger partial charge >= 0.3 is 5.97 Å². The van der Waals surface area contributed by atoms with Crippen LogP contribution < -0.4 is 0 Å². The molecule has 0 saturated heterocycles. The standard InChI is InChI=1S/C9H14O3/c1-3-4-12-9(11)8-5-7(8)6(2)10/h7-8H,3-5H2,1-2H3/t7-,8+/m0/s1. The number of esters is 1. The van der Waals surface area contributed by atoms with E-state index in [1.54, 1.807) is 0 Å². The number of ether oxygens (including phenoxy) is 1. The first-order chi connectivity index (χ1) is 5.66. The van der Waals surface area contributed by atoms with Gasteiger partial charge in [0.25, 0.3) is 0 Å². The predicted molar refractivity (Wildman–Crippen MR) is 43.5 cm³/mol. The fraction of sp³-hybridized carbons (Fsp3) is 0.778. The van der Waals surface area contributed by atoms with Gasteiger partial charge in [-0.05, 0) is 19.8 Å². The average Bonchev–Trinajstić information content (AvgIpc) is 2.78. The van der Waals surface area contributed by atoms with E-state index in [0.29, 0.717) is 13.0 Å². The van der Waals surface area contributed by atoms with Crippen LogP contribution in [0.5, 0.6) is 0 Å². The maximum Gasteiger partial charge on any atom is 0.309 e. The average molecular weight is 170 g/mol. The molecule has 1 fully saturated rings. The van der Waals surface area contributed by atoms with Gasteiger partial charge in [0, 0.05) is 5.92 Å². The highest BCUT2D eigenvalue weighted by molar-refractivity contribution is 5.89. The maximum absolute atomic E-state index is 11.1. The molecule has 12 heavy (non-hydrogen) atoms. The fourth-order valence-corrected chi connectivity index (χ4v) is 1.21. The Morgan fingerprint density at radius 3 is 2.50 bits per heavy atom. The van der Waals surface area contributed by atoms with Crippen LogP contribution in [-0.2, 0) is 14.3 Å². The summed E-state index contributed by atoms with van der Waals surface area (Å²) in [7, 11) is 0. The van der Waals surface area contributed by atoms with E-state index in [1.165, 1.54) is 6.92 Å². The quantitative estimate of drug-likeness (QED) is 0.595. The van der Waals surface area contributed by atoms with Crippen molar-refractivity contribution in [1.29, 1.82) is 0 Å². The zero-order valence-electron chi connectivity index (χ0n) is 7.50. The molecule has 68 valence electrons. The minimum atomic E-state index is -0.197. The van der Waals surface area contributed by atoms with Crippen LogP contribution in [0.1, 0.15) is 26.7 Å². The van der Waals surface area contributed by atoms with Gasteiger partial charge in [0.1, 0.15) is 5.78 Å². The Hall–Kier alpha value is -0.860. The van der Waals surface area contributed by atoms with Gasteiger partial charge in [-0.1, -0.05) is 6.92 Å². The molecule has 0 spiro atoms. The Labute approximate surface area is 72.1 Å². The van der Waals surface area contributed by atoms with Crippen LogP contribution in [0.3, 0.4) is 0 Å². The van der Waals surface area contributed by atoms with Crippen molar-refractivity contribution in [3.05, 3.63) is 0 Å². The van der Waals surface area contributed by atoms with E-state index in [0.717, 1.165) is 6.42 Å². The maximum atomic E-state index is 11.1. The van der Waals surface area contributed by atoms with E-state index in [4.69, 9.17) is 4.74 Å². The number of hydrogen-bond donors (Lipinski definition) is 0. The largest absolute Gasteiger partial charge is 0.465 e. The molecule has 0 aromatic rings. The lowest BCUT2D eigenvalue weighted by Crippen LogP contribution is -2.10. The molecule has 0 aromatic carbocycles. The minimum Gasteiger partial charge on any atom is -0.465 e. The molecular formula is C9H14O3. The van der Waals surface area contributed by atoms with E-state index >= 15 is 0 Å². The van der Waals surface area contributed by atoms with E-state index in [2.05, 4.69) is 0 Å². The topological polar surface area (TPSA) is 43.4 Å². The van der Waals surface area contributed by atoms with Crippen molar-refractivity contribution in [1.82, 2.24) is 0 Å². The molecule has 0 N–H and O–H groups in total. The van der Waals surface area contributed by atoms with Gasteiger partial charge in [-0.15, -0.1) is 0 Å². The number of carbonyl (C=O) groups is 2. The van der Waals surface area contributed by atoms with Crippen molar-refractivity contribution >= 4 is 11.8 Å². The second kappa shape index (κ2) is 3.70. The molecule has 0 bridgehead atoms. The number of Topliss-reactive ketones (excluding diaryl/α,β-unsaturated/α-hetero) is 1. The van der Waals surface area contributed by atoms with Gasteiger partial charge in [0.05, 0.1) is 12.5 Å². The lowest BCUT2D eigenvalue weighted by atomic mass is 10.2. The van der Waals surface area contributed by atoms with Crippen LogP contribution in [-0.4, -0.2) is 18.4 Å². The summed E-state index contributed by atoms with van der Waals surface area (Å²) in [6, 6.07) is 0. The second-order valence-electron chi connectivity index (χ2n) is 3.23. The SMILES string of the molecule is CCCOC(=O)[C@@H]1C[C@H]1C(C)=O. The third-order valence-electron chi connectivity index (χ3n) is 2.06. The van der Waals surface area contributed by atoms with Crippen LogP contribution >= 0.6 is 0 Å². The molecule has 1 aliphatic rings. The monoisotopic (exact) mass is 170 g/mol. The summed E-state index contributed by atoms with van der Waals surface area (Å²) in [6.07, 6.45) is 1.53. The molecule has 0 amide bonds. The molecule has 0 radical (unpaired) electrons. The Morgan fingerprint density at radius 1 is 1.42 bits per heavy atom. The van der Waals surface area contributed by atoms with E-state index in [9.17, 15) is 9.59 Å². The number of carbonyl (C=O) groups excluding carboxylic acids is 2. The zero-order chi connectivity index (χ0) is 9.14. The zero-order valence-corrected chi connectivity index (χ0v) is 7.50. The van der Waals surface area contributed by atoms with Gasteiger partial charge in [-0.25, -0.2) is 0 Å². The molecule has 2 atom stereocenters. The van der Waals surface area contributed by atoms with Gasteiger partial charge in [0.15, 0.2) is 0 Å². The van der Waals surface area contributed by atoms with Crippen LogP contribution in [0.15, 0.2) is 0 Å². The van der Waals surface area contributed by atoms with Gasteiger partial charge in [-0.3, -0.25) is 9.59 Å². The van der Waals surface area contributed by atoms with Gasteiger partial charge in [-0.2, -0.15) is 0 Å². The third kappa shape index (κ3) is 2.06. The Bertz CT molecular complexity index is 198. The smallest absolute Gasteiger partial charge is 0.309 e. The Kier molecular flexibility index (Phi) is 2.84. The summed E-state index contributed by atoms with van der Waals surface area (Å²) >= 11 is 0. The molecule has 0 aromatic heterocycles. The molecule has 1 aliphatic carbocycles. The van der Waals surface area contributed by atoms with Gasteiger partial charge in [0.2, 0.25) is 0 Å². The van der Waals surface area contributed by atoms with Crippen molar-refractivity contribution in [3.8, 4) is 0 Å². The van der Waals surface area contributed by atoms with Crippen molar-refractivity contribution in [2.75, 3.05) is 6.61 Å². The molecule has 3 heteroatoms. The number of ketones is 1. The van der Waals surface area contributed by atoms with E-state index in [-0.39, 0.29) is 23.6 Å². The van der Waals surface area contributed by atoms with Crippen molar-refractivity contribution in [2.45, 2.75) is 26.7 Å².